The fourth-order valence-electron chi connectivity index (χ4n) is 2.27. The molecule has 0 aromatic carbocycles. The van der Waals surface area contributed by atoms with E-state index in [9.17, 15) is 14.7 Å². The predicted molar refractivity (Wildman–Crippen MR) is 85.3 cm³/mol. The van der Waals surface area contributed by atoms with Crippen LogP contribution < -0.4 is 0 Å². The first-order valence-electron chi connectivity index (χ1n) is 6.85. The van der Waals surface area contributed by atoms with Crippen molar-refractivity contribution in [3.63, 3.8) is 0 Å². The summed E-state index contributed by atoms with van der Waals surface area (Å²) >= 11 is 4.67. The van der Waals surface area contributed by atoms with Crippen LogP contribution in [0.1, 0.15) is 23.0 Å². The molecule has 2 heterocycles. The zero-order valence-corrected chi connectivity index (χ0v) is 14.5. The normalized spacial score (nSPS) is 22.2. The van der Waals surface area contributed by atoms with Crippen molar-refractivity contribution in [1.82, 2.24) is 9.80 Å². The van der Waals surface area contributed by atoms with E-state index in [0.717, 1.165) is 10.2 Å². The highest BCUT2D eigenvalue weighted by molar-refractivity contribution is 9.11. The highest BCUT2D eigenvalue weighted by Gasteiger charge is 2.28. The molecule has 2 amide bonds. The third-order valence-corrected chi connectivity index (χ3v) is 5.39. The van der Waals surface area contributed by atoms with Crippen LogP contribution in [-0.4, -0.2) is 59.5 Å². The molecule has 1 aliphatic rings. The van der Waals surface area contributed by atoms with Crippen molar-refractivity contribution in [3.05, 3.63) is 20.8 Å². The first kappa shape index (κ1) is 16.5. The van der Waals surface area contributed by atoms with Gasteiger partial charge < -0.3 is 14.9 Å². The van der Waals surface area contributed by atoms with E-state index in [-0.39, 0.29) is 24.3 Å². The number of halogens is 1. The van der Waals surface area contributed by atoms with Gasteiger partial charge >= 0.3 is 0 Å². The van der Waals surface area contributed by atoms with Gasteiger partial charge in [0, 0.05) is 20.1 Å². The SMILES string of the molecule is C[C@H]1CCN(C(=O)CN(C)C(=O)c2ccc(Br)s2)C[C@H]1O. The molecule has 1 fully saturated rings. The molecule has 21 heavy (non-hydrogen) atoms. The van der Waals surface area contributed by atoms with E-state index in [2.05, 4.69) is 15.9 Å². The van der Waals surface area contributed by atoms with Crippen molar-refractivity contribution in [2.45, 2.75) is 19.4 Å². The zero-order chi connectivity index (χ0) is 15.6. The number of piperidine rings is 1. The number of carbonyl (C=O) groups excluding carboxylic acids is 2. The molecule has 1 aromatic rings. The summed E-state index contributed by atoms with van der Waals surface area (Å²) in [5, 5.41) is 9.84. The van der Waals surface area contributed by atoms with E-state index in [1.165, 1.54) is 16.2 Å². The Morgan fingerprint density at radius 1 is 1.52 bits per heavy atom. The largest absolute Gasteiger partial charge is 0.391 e. The van der Waals surface area contributed by atoms with Crippen LogP contribution in [0, 0.1) is 5.92 Å². The Morgan fingerprint density at radius 2 is 2.24 bits per heavy atom. The number of carbonyl (C=O) groups is 2. The lowest BCUT2D eigenvalue weighted by Gasteiger charge is -2.35. The number of thiophene rings is 1. The second-order valence-electron chi connectivity index (χ2n) is 5.44. The van der Waals surface area contributed by atoms with E-state index in [0.29, 0.717) is 18.0 Å². The smallest absolute Gasteiger partial charge is 0.264 e. The van der Waals surface area contributed by atoms with Crippen LogP contribution in [0.4, 0.5) is 0 Å². The Bertz CT molecular complexity index is 534. The van der Waals surface area contributed by atoms with E-state index < -0.39 is 6.10 Å². The van der Waals surface area contributed by atoms with Gasteiger partial charge in [0.2, 0.25) is 5.91 Å². The molecule has 0 spiro atoms. The average molecular weight is 375 g/mol. The Hall–Kier alpha value is -0.920. The third-order valence-electron chi connectivity index (χ3n) is 3.77. The van der Waals surface area contributed by atoms with Crippen LogP contribution in [-0.2, 0) is 4.79 Å². The number of likely N-dealkylation sites (tertiary alicyclic amines) is 1. The van der Waals surface area contributed by atoms with Crippen LogP contribution in [0.15, 0.2) is 15.9 Å². The monoisotopic (exact) mass is 374 g/mol. The van der Waals surface area contributed by atoms with Crippen LogP contribution in [0.3, 0.4) is 0 Å². The van der Waals surface area contributed by atoms with Gasteiger partial charge in [-0.15, -0.1) is 11.3 Å². The quantitative estimate of drug-likeness (QED) is 0.877. The number of aliphatic hydroxyl groups excluding tert-OH is 1. The van der Waals surface area contributed by atoms with E-state index in [4.69, 9.17) is 0 Å². The van der Waals surface area contributed by atoms with Gasteiger partial charge in [-0.1, -0.05) is 6.92 Å². The zero-order valence-electron chi connectivity index (χ0n) is 12.1. The van der Waals surface area contributed by atoms with Crippen molar-refractivity contribution in [2.24, 2.45) is 5.92 Å². The van der Waals surface area contributed by atoms with E-state index in [1.54, 1.807) is 18.0 Å². The van der Waals surface area contributed by atoms with Crippen LogP contribution >= 0.6 is 27.3 Å². The van der Waals surface area contributed by atoms with Crippen LogP contribution in [0.2, 0.25) is 0 Å². The standard InChI is InChI=1S/C14H19BrN2O3S/c1-9-5-6-17(7-10(9)18)13(19)8-16(2)14(20)11-3-4-12(15)21-11/h3-4,9-10,18H,5-8H2,1-2H3/t9-,10+/m0/s1. The molecule has 5 nitrogen and oxygen atoms in total. The number of amides is 2. The summed E-state index contributed by atoms with van der Waals surface area (Å²) in [5.41, 5.74) is 0. The second-order valence-corrected chi connectivity index (χ2v) is 7.90. The molecule has 0 radical (unpaired) electrons. The average Bonchev–Trinajstić information content (AvgIpc) is 2.87. The van der Waals surface area contributed by atoms with Crippen molar-refractivity contribution in [2.75, 3.05) is 26.7 Å². The molecular weight excluding hydrogens is 356 g/mol. The van der Waals surface area contributed by atoms with Crippen molar-refractivity contribution >= 4 is 39.1 Å². The first-order chi connectivity index (χ1) is 9.88. The number of hydrogen-bond acceptors (Lipinski definition) is 4. The molecule has 1 aromatic heterocycles. The summed E-state index contributed by atoms with van der Waals surface area (Å²) < 4.78 is 0.888. The summed E-state index contributed by atoms with van der Waals surface area (Å²) in [6.45, 7) is 3.02. The molecule has 0 saturated carbocycles. The topological polar surface area (TPSA) is 60.9 Å². The third kappa shape index (κ3) is 4.05. The van der Waals surface area contributed by atoms with Crippen LogP contribution in [0.25, 0.3) is 0 Å². The minimum absolute atomic E-state index is 0.0372. The van der Waals surface area contributed by atoms with Gasteiger partial charge in [0.25, 0.3) is 5.91 Å². The number of likely N-dealkylation sites (N-methyl/N-ethyl adjacent to an activating group) is 1. The number of rotatable bonds is 3. The maximum absolute atomic E-state index is 12.2. The molecule has 2 atom stereocenters. The molecule has 0 bridgehead atoms. The highest BCUT2D eigenvalue weighted by Crippen LogP contribution is 2.23. The second kappa shape index (κ2) is 6.89. The van der Waals surface area contributed by atoms with Crippen molar-refractivity contribution in [3.8, 4) is 0 Å². The minimum Gasteiger partial charge on any atom is -0.391 e. The van der Waals surface area contributed by atoms with Gasteiger partial charge in [0.1, 0.15) is 0 Å². The molecule has 7 heteroatoms. The van der Waals surface area contributed by atoms with Gasteiger partial charge in [-0.2, -0.15) is 0 Å². The fraction of sp³-hybridized carbons (Fsp3) is 0.571. The molecule has 0 unspecified atom stereocenters. The lowest BCUT2D eigenvalue weighted by Crippen LogP contribution is -2.49. The highest BCUT2D eigenvalue weighted by atomic mass is 79.9. The lowest BCUT2D eigenvalue weighted by atomic mass is 9.96. The minimum atomic E-state index is -0.475. The molecule has 1 N–H and O–H groups in total. The summed E-state index contributed by atoms with van der Waals surface area (Å²) in [7, 11) is 1.62. The van der Waals surface area contributed by atoms with Gasteiger partial charge in [-0.3, -0.25) is 9.59 Å². The van der Waals surface area contributed by atoms with Crippen molar-refractivity contribution in [1.29, 1.82) is 0 Å². The van der Waals surface area contributed by atoms with Crippen LogP contribution in [0.5, 0.6) is 0 Å². The summed E-state index contributed by atoms with van der Waals surface area (Å²) in [5.74, 6) is -0.0609. The number of aliphatic hydroxyl groups is 1. The first-order valence-corrected chi connectivity index (χ1v) is 8.46. The number of β-amino-alcohol motifs (C(OH)–C–C–N with tert-alkyl or cyclic N) is 1. The van der Waals surface area contributed by atoms with Gasteiger partial charge in [-0.25, -0.2) is 0 Å². The maximum Gasteiger partial charge on any atom is 0.264 e. The van der Waals surface area contributed by atoms with E-state index in [1.807, 2.05) is 13.0 Å². The van der Waals surface area contributed by atoms with Gasteiger partial charge in [0.05, 0.1) is 21.3 Å². The van der Waals surface area contributed by atoms with Gasteiger partial charge in [0.15, 0.2) is 0 Å². The fourth-order valence-corrected chi connectivity index (χ4v) is 3.65. The molecule has 0 aliphatic carbocycles. The Labute approximate surface area is 136 Å². The molecule has 1 saturated heterocycles. The molecule has 1 aliphatic heterocycles. The molecular formula is C14H19BrN2O3S. The van der Waals surface area contributed by atoms with Gasteiger partial charge in [-0.05, 0) is 40.4 Å². The van der Waals surface area contributed by atoms with E-state index >= 15 is 0 Å². The summed E-state index contributed by atoms with van der Waals surface area (Å²) in [6, 6.07) is 3.56. The molecule has 116 valence electrons. The summed E-state index contributed by atoms with van der Waals surface area (Å²) in [6.07, 6.45) is 0.319. The van der Waals surface area contributed by atoms with Crippen molar-refractivity contribution < 1.29 is 14.7 Å². The Kier molecular flexibility index (Phi) is 5.40. The Balaban J connectivity index is 1.91. The summed E-state index contributed by atoms with van der Waals surface area (Å²) in [4.78, 5) is 28.1. The molecule has 2 rings (SSSR count). The number of hydrogen-bond donors (Lipinski definition) is 1. The predicted octanol–water partition coefficient (Wildman–Crippen LogP) is 1.81. The Morgan fingerprint density at radius 3 is 2.81 bits per heavy atom. The number of nitrogens with zero attached hydrogens (tertiary/aromatic N) is 2. The maximum atomic E-state index is 12.2. The lowest BCUT2D eigenvalue weighted by molar-refractivity contribution is -0.135.